The molecule has 0 radical (unpaired) electrons. The van der Waals surface area contributed by atoms with Crippen LogP contribution in [0.1, 0.15) is 22.3 Å². The second-order valence-electron chi connectivity index (χ2n) is 6.16. The number of benzene rings is 4. The molecule has 0 fully saturated rings. The van der Waals surface area contributed by atoms with Crippen LogP contribution in [0.15, 0.2) is 48.5 Å². The van der Waals surface area contributed by atoms with Crippen LogP contribution in [0.4, 0.5) is 0 Å². The van der Waals surface area contributed by atoms with E-state index in [1.54, 1.807) is 0 Å². The van der Waals surface area contributed by atoms with Crippen molar-refractivity contribution in [1.29, 1.82) is 10.5 Å². The van der Waals surface area contributed by atoms with Gasteiger partial charge in [0.2, 0.25) is 0 Å². The molecule has 4 aromatic rings. The molecular formula is C22H14N2. The van der Waals surface area contributed by atoms with Gasteiger partial charge in [0.1, 0.15) is 0 Å². The standard InChI is InChI=1S/C22H14N2/c1-13-5-3-7-18-16(11-23)9-15-10-17(12-24)19-8-4-6-14(2)21(19)22(15)20(13)18/h3-10H,1-2H3. The molecular weight excluding hydrogens is 292 g/mol. The zero-order valence-electron chi connectivity index (χ0n) is 13.5. The van der Waals surface area contributed by atoms with Crippen LogP contribution in [-0.4, -0.2) is 0 Å². The molecule has 0 amide bonds. The molecule has 2 heteroatoms. The second kappa shape index (κ2) is 5.08. The van der Waals surface area contributed by atoms with E-state index in [0.29, 0.717) is 11.1 Å². The van der Waals surface area contributed by atoms with Gasteiger partial charge in [-0.1, -0.05) is 36.4 Å². The van der Waals surface area contributed by atoms with Gasteiger partial charge in [-0.2, -0.15) is 10.5 Å². The summed E-state index contributed by atoms with van der Waals surface area (Å²) in [6.45, 7) is 4.15. The third-order valence-electron chi connectivity index (χ3n) is 4.76. The Kier molecular flexibility index (Phi) is 3.02. The van der Waals surface area contributed by atoms with E-state index in [4.69, 9.17) is 0 Å². The third-order valence-corrected chi connectivity index (χ3v) is 4.76. The van der Waals surface area contributed by atoms with Crippen molar-refractivity contribution >= 4 is 32.3 Å². The van der Waals surface area contributed by atoms with Crippen LogP contribution >= 0.6 is 0 Å². The molecule has 0 aliphatic carbocycles. The zero-order chi connectivity index (χ0) is 16.8. The molecule has 0 N–H and O–H groups in total. The van der Waals surface area contributed by atoms with Crippen molar-refractivity contribution < 1.29 is 0 Å². The fraction of sp³-hybridized carbons (Fsp3) is 0.0909. The lowest BCUT2D eigenvalue weighted by Gasteiger charge is -2.14. The first-order chi connectivity index (χ1) is 11.7. The van der Waals surface area contributed by atoms with Gasteiger partial charge in [0.15, 0.2) is 0 Å². The van der Waals surface area contributed by atoms with E-state index in [0.717, 1.165) is 43.4 Å². The molecule has 0 aliphatic heterocycles. The van der Waals surface area contributed by atoms with Crippen LogP contribution in [-0.2, 0) is 0 Å². The lowest BCUT2D eigenvalue weighted by atomic mass is 9.88. The minimum absolute atomic E-state index is 0.651. The number of rotatable bonds is 0. The number of nitriles is 2. The average molecular weight is 306 g/mol. The van der Waals surface area contributed by atoms with Gasteiger partial charge in [0.05, 0.1) is 23.3 Å². The van der Waals surface area contributed by atoms with Gasteiger partial charge in [0.25, 0.3) is 0 Å². The summed E-state index contributed by atoms with van der Waals surface area (Å²) >= 11 is 0. The molecule has 0 spiro atoms. The van der Waals surface area contributed by atoms with Gasteiger partial charge >= 0.3 is 0 Å². The highest BCUT2D eigenvalue weighted by molar-refractivity contribution is 6.24. The van der Waals surface area contributed by atoms with Gasteiger partial charge in [-0.15, -0.1) is 0 Å². The van der Waals surface area contributed by atoms with Crippen LogP contribution in [0, 0.1) is 36.5 Å². The summed E-state index contributed by atoms with van der Waals surface area (Å²) in [5.41, 5.74) is 3.59. The Balaban J connectivity index is 2.46. The first-order valence-corrected chi connectivity index (χ1v) is 7.84. The highest BCUT2D eigenvalue weighted by atomic mass is 14.3. The zero-order valence-corrected chi connectivity index (χ0v) is 13.5. The van der Waals surface area contributed by atoms with Crippen molar-refractivity contribution in [1.82, 2.24) is 0 Å². The van der Waals surface area contributed by atoms with E-state index in [1.165, 1.54) is 0 Å². The van der Waals surface area contributed by atoms with E-state index in [1.807, 2.05) is 36.4 Å². The summed E-state index contributed by atoms with van der Waals surface area (Å²) in [5.74, 6) is 0. The molecule has 0 saturated heterocycles. The number of nitrogens with zero attached hydrogens (tertiary/aromatic N) is 2. The van der Waals surface area contributed by atoms with Crippen molar-refractivity contribution in [3.63, 3.8) is 0 Å². The van der Waals surface area contributed by atoms with Crippen LogP contribution in [0.5, 0.6) is 0 Å². The Morgan fingerprint density at radius 1 is 0.667 bits per heavy atom. The van der Waals surface area contributed by atoms with E-state index in [2.05, 4.69) is 38.1 Å². The van der Waals surface area contributed by atoms with Gasteiger partial charge in [-0.25, -0.2) is 0 Å². The molecule has 112 valence electrons. The molecule has 0 bridgehead atoms. The van der Waals surface area contributed by atoms with Gasteiger partial charge < -0.3 is 0 Å². The van der Waals surface area contributed by atoms with E-state index in [9.17, 15) is 10.5 Å². The molecule has 0 atom stereocenters. The molecule has 2 nitrogen and oxygen atoms in total. The maximum absolute atomic E-state index is 9.57. The van der Waals surface area contributed by atoms with Crippen molar-refractivity contribution in [2.75, 3.05) is 0 Å². The third kappa shape index (κ3) is 1.81. The highest BCUT2D eigenvalue weighted by Crippen LogP contribution is 2.38. The van der Waals surface area contributed by atoms with Crippen molar-refractivity contribution in [2.24, 2.45) is 0 Å². The number of hydrogen-bond acceptors (Lipinski definition) is 2. The van der Waals surface area contributed by atoms with Crippen molar-refractivity contribution in [2.45, 2.75) is 13.8 Å². The Hall–Kier alpha value is -3.36. The summed E-state index contributed by atoms with van der Waals surface area (Å²) in [6, 6.07) is 20.6. The number of fused-ring (bicyclic) bond motifs is 5. The summed E-state index contributed by atoms with van der Waals surface area (Å²) in [4.78, 5) is 0. The Morgan fingerprint density at radius 3 is 1.54 bits per heavy atom. The summed E-state index contributed by atoms with van der Waals surface area (Å²) in [6.07, 6.45) is 0. The molecule has 4 rings (SSSR count). The quantitative estimate of drug-likeness (QED) is 0.402. The van der Waals surface area contributed by atoms with E-state index < -0.39 is 0 Å². The smallest absolute Gasteiger partial charge is 0.0998 e. The largest absolute Gasteiger partial charge is 0.192 e. The Labute approximate surface area is 140 Å². The minimum atomic E-state index is 0.651. The van der Waals surface area contributed by atoms with Gasteiger partial charge in [-0.3, -0.25) is 0 Å². The first kappa shape index (κ1) is 14.2. The normalized spacial score (nSPS) is 10.8. The van der Waals surface area contributed by atoms with Crippen LogP contribution in [0.25, 0.3) is 32.3 Å². The van der Waals surface area contributed by atoms with Crippen LogP contribution in [0.2, 0.25) is 0 Å². The summed E-state index contributed by atoms with van der Waals surface area (Å²) < 4.78 is 0. The molecule has 0 aliphatic rings. The lowest BCUT2D eigenvalue weighted by molar-refractivity contribution is 1.49. The fourth-order valence-corrected chi connectivity index (χ4v) is 3.70. The molecule has 0 unspecified atom stereocenters. The second-order valence-corrected chi connectivity index (χ2v) is 6.16. The molecule has 0 heterocycles. The van der Waals surface area contributed by atoms with Gasteiger partial charge in [-0.05, 0) is 58.7 Å². The predicted octanol–water partition coefficient (Wildman–Crippen LogP) is 5.51. The number of aryl methyl sites for hydroxylation is 2. The topological polar surface area (TPSA) is 47.6 Å². The lowest BCUT2D eigenvalue weighted by Crippen LogP contribution is -1.91. The monoisotopic (exact) mass is 306 g/mol. The fourth-order valence-electron chi connectivity index (χ4n) is 3.70. The molecule has 4 aromatic carbocycles. The molecule has 0 saturated carbocycles. The van der Waals surface area contributed by atoms with E-state index >= 15 is 0 Å². The number of hydrogen-bond donors (Lipinski definition) is 0. The van der Waals surface area contributed by atoms with Crippen molar-refractivity contribution in [3.05, 3.63) is 70.8 Å². The van der Waals surface area contributed by atoms with Crippen LogP contribution in [0.3, 0.4) is 0 Å². The van der Waals surface area contributed by atoms with Crippen molar-refractivity contribution in [3.8, 4) is 12.1 Å². The maximum atomic E-state index is 9.57. The van der Waals surface area contributed by atoms with Crippen LogP contribution < -0.4 is 0 Å². The Morgan fingerprint density at radius 2 is 1.12 bits per heavy atom. The van der Waals surface area contributed by atoms with Gasteiger partial charge in [0, 0.05) is 10.8 Å². The maximum Gasteiger partial charge on any atom is 0.0998 e. The molecule has 0 aromatic heterocycles. The minimum Gasteiger partial charge on any atom is -0.192 e. The summed E-state index contributed by atoms with van der Waals surface area (Å²) in [7, 11) is 0. The molecule has 24 heavy (non-hydrogen) atoms. The average Bonchev–Trinajstić information content (AvgIpc) is 2.60. The highest BCUT2D eigenvalue weighted by Gasteiger charge is 2.14. The first-order valence-electron chi connectivity index (χ1n) is 7.84. The van der Waals surface area contributed by atoms with E-state index in [-0.39, 0.29) is 0 Å². The SMILES string of the molecule is Cc1cccc2c(C#N)cc3cc(C#N)c4cccc(C)c4c3c12. The Bertz CT molecular complexity index is 1140. The predicted molar refractivity (Wildman–Crippen MR) is 97.9 cm³/mol. The summed E-state index contributed by atoms with van der Waals surface area (Å²) in [5, 5.41) is 25.4.